The highest BCUT2D eigenvalue weighted by Gasteiger charge is 2.08. The Morgan fingerprint density at radius 2 is 1.79 bits per heavy atom. The van der Waals surface area contributed by atoms with Crippen LogP contribution in [-0.4, -0.2) is 21.0 Å². The van der Waals surface area contributed by atoms with Gasteiger partial charge in [-0.25, -0.2) is 0 Å². The first-order valence-electron chi connectivity index (χ1n) is 7.76. The number of aromatic nitrogens is 3. The molecule has 0 bridgehead atoms. The third-order valence-corrected chi connectivity index (χ3v) is 3.67. The standard InChI is InChI=1S/C18H17N3O3/c22-17(12-6-9-14-7-2-1-3-8-14)24-13-21-18(23)15-10-4-5-11-16(15)19-20-21/h1-5,7-8,10-11H,6,9,12-13H2. The Hall–Kier alpha value is -3.02. The minimum atomic E-state index is -0.354. The summed E-state index contributed by atoms with van der Waals surface area (Å²) in [4.78, 5) is 24.0. The number of carbonyl (C=O) groups is 1. The van der Waals surface area contributed by atoms with Gasteiger partial charge in [0, 0.05) is 6.42 Å². The summed E-state index contributed by atoms with van der Waals surface area (Å²) in [5.74, 6) is -0.354. The van der Waals surface area contributed by atoms with Crippen LogP contribution in [0.15, 0.2) is 59.4 Å². The number of fused-ring (bicyclic) bond motifs is 1. The molecule has 1 aromatic heterocycles. The zero-order valence-electron chi connectivity index (χ0n) is 13.1. The molecule has 0 N–H and O–H groups in total. The second kappa shape index (κ2) is 7.50. The lowest BCUT2D eigenvalue weighted by Gasteiger charge is -2.06. The van der Waals surface area contributed by atoms with E-state index in [-0.39, 0.29) is 18.3 Å². The Bertz CT molecular complexity index is 891. The molecule has 0 aliphatic heterocycles. The molecule has 0 unspecified atom stereocenters. The molecule has 0 aliphatic carbocycles. The van der Waals surface area contributed by atoms with Gasteiger partial charge in [0.2, 0.25) is 0 Å². The Morgan fingerprint density at radius 3 is 2.62 bits per heavy atom. The van der Waals surface area contributed by atoms with Crippen LogP contribution in [0.1, 0.15) is 18.4 Å². The molecule has 0 saturated carbocycles. The Kier molecular flexibility index (Phi) is 4.96. The fourth-order valence-electron chi connectivity index (χ4n) is 2.39. The second-order valence-corrected chi connectivity index (χ2v) is 5.40. The highest BCUT2D eigenvalue weighted by molar-refractivity contribution is 5.76. The lowest BCUT2D eigenvalue weighted by atomic mass is 10.1. The van der Waals surface area contributed by atoms with Crippen molar-refractivity contribution >= 4 is 16.9 Å². The number of nitrogens with zero attached hydrogens (tertiary/aromatic N) is 3. The minimum absolute atomic E-state index is 0.221. The van der Waals surface area contributed by atoms with Crippen LogP contribution in [0.5, 0.6) is 0 Å². The maximum absolute atomic E-state index is 12.2. The van der Waals surface area contributed by atoms with Crippen LogP contribution < -0.4 is 5.56 Å². The van der Waals surface area contributed by atoms with Gasteiger partial charge in [0.1, 0.15) is 5.52 Å². The van der Waals surface area contributed by atoms with Gasteiger partial charge in [-0.1, -0.05) is 47.7 Å². The number of carbonyl (C=O) groups excluding carboxylic acids is 1. The summed E-state index contributed by atoms with van der Waals surface area (Å²) < 4.78 is 6.17. The van der Waals surface area contributed by atoms with E-state index < -0.39 is 0 Å². The topological polar surface area (TPSA) is 74.1 Å². The van der Waals surface area contributed by atoms with Crippen molar-refractivity contribution in [1.82, 2.24) is 15.0 Å². The predicted octanol–water partition coefficient (Wildman–Crippen LogP) is 2.32. The van der Waals surface area contributed by atoms with Crippen molar-refractivity contribution in [3.05, 3.63) is 70.5 Å². The first-order valence-corrected chi connectivity index (χ1v) is 7.76. The number of hydrogen-bond acceptors (Lipinski definition) is 5. The van der Waals surface area contributed by atoms with Crippen LogP contribution in [0.25, 0.3) is 10.9 Å². The van der Waals surface area contributed by atoms with Crippen molar-refractivity contribution in [2.45, 2.75) is 26.0 Å². The van der Waals surface area contributed by atoms with Crippen LogP contribution in [0.2, 0.25) is 0 Å². The number of benzene rings is 2. The average Bonchev–Trinajstić information content (AvgIpc) is 2.62. The van der Waals surface area contributed by atoms with Crippen LogP contribution in [-0.2, 0) is 22.7 Å². The smallest absolute Gasteiger partial charge is 0.307 e. The number of esters is 1. The second-order valence-electron chi connectivity index (χ2n) is 5.40. The van der Waals surface area contributed by atoms with E-state index in [0.717, 1.165) is 11.1 Å². The fourth-order valence-corrected chi connectivity index (χ4v) is 2.39. The maximum atomic E-state index is 12.2. The Balaban J connectivity index is 1.53. The van der Waals surface area contributed by atoms with E-state index in [1.807, 2.05) is 30.3 Å². The molecule has 0 atom stereocenters. The fraction of sp³-hybridized carbons (Fsp3) is 0.222. The minimum Gasteiger partial charge on any atom is -0.442 e. The quantitative estimate of drug-likeness (QED) is 0.651. The van der Waals surface area contributed by atoms with Crippen molar-refractivity contribution in [2.24, 2.45) is 0 Å². The van der Waals surface area contributed by atoms with Crippen molar-refractivity contribution in [2.75, 3.05) is 0 Å². The van der Waals surface area contributed by atoms with Crippen molar-refractivity contribution in [1.29, 1.82) is 0 Å². The average molecular weight is 323 g/mol. The van der Waals surface area contributed by atoms with Gasteiger partial charge in [0.25, 0.3) is 5.56 Å². The van der Waals surface area contributed by atoms with E-state index in [9.17, 15) is 9.59 Å². The molecule has 0 saturated heterocycles. The van der Waals surface area contributed by atoms with E-state index in [4.69, 9.17) is 4.74 Å². The number of hydrogen-bond donors (Lipinski definition) is 0. The van der Waals surface area contributed by atoms with E-state index in [1.54, 1.807) is 24.3 Å². The van der Waals surface area contributed by atoms with Gasteiger partial charge in [0.15, 0.2) is 6.73 Å². The summed E-state index contributed by atoms with van der Waals surface area (Å²) >= 11 is 0. The molecule has 2 aromatic carbocycles. The van der Waals surface area contributed by atoms with E-state index in [0.29, 0.717) is 23.7 Å². The van der Waals surface area contributed by atoms with Gasteiger partial charge in [-0.05, 0) is 30.5 Å². The van der Waals surface area contributed by atoms with Gasteiger partial charge in [-0.3, -0.25) is 9.59 Å². The highest BCUT2D eigenvalue weighted by atomic mass is 16.5. The largest absolute Gasteiger partial charge is 0.442 e. The third kappa shape index (κ3) is 3.84. The Labute approximate surface area is 138 Å². The monoisotopic (exact) mass is 323 g/mol. The summed E-state index contributed by atoms with van der Waals surface area (Å²) in [5.41, 5.74) is 1.38. The van der Waals surface area contributed by atoms with E-state index >= 15 is 0 Å². The lowest BCUT2D eigenvalue weighted by Crippen LogP contribution is -2.26. The number of rotatable bonds is 6. The molecule has 0 fully saturated rings. The van der Waals surface area contributed by atoms with Crippen LogP contribution in [0.4, 0.5) is 0 Å². The van der Waals surface area contributed by atoms with Crippen LogP contribution in [0.3, 0.4) is 0 Å². The third-order valence-electron chi connectivity index (χ3n) is 3.67. The van der Waals surface area contributed by atoms with Crippen molar-refractivity contribution in [3.63, 3.8) is 0 Å². The molecule has 6 heteroatoms. The zero-order valence-corrected chi connectivity index (χ0v) is 13.1. The SMILES string of the molecule is O=C(CCCc1ccccc1)OCn1nnc2ccccc2c1=O. The summed E-state index contributed by atoms with van der Waals surface area (Å²) in [6.45, 7) is -0.221. The molecular formula is C18H17N3O3. The molecule has 0 radical (unpaired) electrons. The summed E-state index contributed by atoms with van der Waals surface area (Å²) in [5, 5.41) is 8.18. The molecule has 122 valence electrons. The summed E-state index contributed by atoms with van der Waals surface area (Å²) in [7, 11) is 0. The van der Waals surface area contributed by atoms with Crippen LogP contribution in [0, 0.1) is 0 Å². The molecule has 0 aliphatic rings. The van der Waals surface area contributed by atoms with Crippen molar-refractivity contribution < 1.29 is 9.53 Å². The maximum Gasteiger partial charge on any atom is 0.307 e. The van der Waals surface area contributed by atoms with Gasteiger partial charge in [-0.2, -0.15) is 4.68 Å². The first-order chi connectivity index (χ1) is 11.7. The molecule has 3 aromatic rings. The lowest BCUT2D eigenvalue weighted by molar-refractivity contribution is -0.148. The van der Waals surface area contributed by atoms with Gasteiger partial charge in [-0.15, -0.1) is 5.10 Å². The van der Waals surface area contributed by atoms with Gasteiger partial charge >= 0.3 is 5.97 Å². The summed E-state index contributed by atoms with van der Waals surface area (Å²) in [6.07, 6.45) is 1.80. The molecule has 6 nitrogen and oxygen atoms in total. The number of aryl methyl sites for hydroxylation is 1. The molecule has 3 rings (SSSR count). The predicted molar refractivity (Wildman–Crippen MR) is 89.3 cm³/mol. The van der Waals surface area contributed by atoms with E-state index in [2.05, 4.69) is 10.3 Å². The zero-order chi connectivity index (χ0) is 16.8. The molecule has 24 heavy (non-hydrogen) atoms. The van der Waals surface area contributed by atoms with E-state index in [1.165, 1.54) is 5.56 Å². The molecule has 1 heterocycles. The molecule has 0 spiro atoms. The summed E-state index contributed by atoms with van der Waals surface area (Å²) in [6, 6.07) is 16.9. The first kappa shape index (κ1) is 15.9. The number of ether oxygens (including phenoxy) is 1. The van der Waals surface area contributed by atoms with Gasteiger partial charge < -0.3 is 4.74 Å². The van der Waals surface area contributed by atoms with Crippen molar-refractivity contribution in [3.8, 4) is 0 Å². The van der Waals surface area contributed by atoms with Gasteiger partial charge in [0.05, 0.1) is 5.39 Å². The normalized spacial score (nSPS) is 10.7. The van der Waals surface area contributed by atoms with Crippen LogP contribution >= 0.6 is 0 Å². The Morgan fingerprint density at radius 1 is 1.04 bits per heavy atom. The highest BCUT2D eigenvalue weighted by Crippen LogP contribution is 2.06. The molecule has 0 amide bonds. The molecular weight excluding hydrogens is 306 g/mol.